The number of amides is 2. The molecular weight excluding hydrogens is 577 g/mol. The van der Waals surface area contributed by atoms with Gasteiger partial charge in [0.05, 0.1) is 12.5 Å². The third-order valence-electron chi connectivity index (χ3n) is 9.61. The Kier molecular flexibility index (Phi) is 10.6. The highest BCUT2D eigenvalue weighted by Crippen LogP contribution is 2.43. The summed E-state index contributed by atoms with van der Waals surface area (Å²) in [4.78, 5) is 45.7. The number of benzene rings is 2. The molecule has 9 nitrogen and oxygen atoms in total. The van der Waals surface area contributed by atoms with Crippen LogP contribution in [-0.2, 0) is 14.4 Å². The summed E-state index contributed by atoms with van der Waals surface area (Å²) in [6.45, 7) is 7.49. The maximum Gasteiger partial charge on any atom is 0.308 e. The summed E-state index contributed by atoms with van der Waals surface area (Å²) in [5.74, 6) is -1.26. The van der Waals surface area contributed by atoms with Gasteiger partial charge in [0, 0.05) is 49.7 Å². The molecule has 5 rings (SSSR count). The number of nitrogens with zero attached hydrogens (tertiary/aromatic N) is 3. The van der Waals surface area contributed by atoms with Gasteiger partial charge in [-0.1, -0.05) is 32.8 Å². The minimum atomic E-state index is -0.927. The summed E-state index contributed by atoms with van der Waals surface area (Å²) in [7, 11) is 0. The van der Waals surface area contributed by atoms with Gasteiger partial charge in [-0.15, -0.1) is 0 Å². The van der Waals surface area contributed by atoms with Crippen LogP contribution in [0.3, 0.4) is 0 Å². The lowest BCUT2D eigenvalue weighted by atomic mass is 9.84. The van der Waals surface area contributed by atoms with Crippen LogP contribution in [0.15, 0.2) is 36.4 Å². The third kappa shape index (κ3) is 7.27. The zero-order valence-corrected chi connectivity index (χ0v) is 26.7. The molecule has 3 atom stereocenters. The Hall–Kier alpha value is -3.66. The van der Waals surface area contributed by atoms with E-state index < -0.39 is 23.8 Å². The molecule has 10 heteroatoms. The quantitative estimate of drug-likeness (QED) is 0.304. The molecule has 1 unspecified atom stereocenters. The number of aliphatic carboxylic acids is 1. The number of hydrogen-bond acceptors (Lipinski definition) is 6. The molecule has 2 aromatic carbocycles. The minimum Gasteiger partial charge on any atom is -0.481 e. The van der Waals surface area contributed by atoms with Gasteiger partial charge in [0.15, 0.2) is 11.5 Å². The van der Waals surface area contributed by atoms with E-state index in [-0.39, 0.29) is 37.0 Å². The predicted octanol–water partition coefficient (Wildman–Crippen LogP) is 5.74. The van der Waals surface area contributed by atoms with Crippen LogP contribution in [0.4, 0.5) is 10.1 Å². The number of carboxylic acid groups (broad SMARTS) is 1. The fraction of sp³-hybridized carbons (Fsp3) is 0.571. The Morgan fingerprint density at radius 3 is 2.51 bits per heavy atom. The lowest BCUT2D eigenvalue weighted by Gasteiger charge is -2.35. The van der Waals surface area contributed by atoms with E-state index in [4.69, 9.17) is 9.47 Å². The molecule has 2 amide bonds. The normalized spacial score (nSPS) is 21.5. The number of carbonyl (C=O) groups is 3. The van der Waals surface area contributed by atoms with Crippen LogP contribution in [0, 0.1) is 18.7 Å². The number of fused-ring (bicyclic) bond motifs is 1. The largest absolute Gasteiger partial charge is 0.481 e. The predicted molar refractivity (Wildman–Crippen MR) is 169 cm³/mol. The topological polar surface area (TPSA) is 99.6 Å². The van der Waals surface area contributed by atoms with Crippen LogP contribution in [0.1, 0.15) is 82.3 Å². The standard InChI is InChI=1S/C35H46FN3O6/c1-4-8-25(9-5-2)39(26-12-13-28(36)23(3)18-26)33(41)21-38-20-27(24-11-14-30-31(19-24)45-22-44-30)34(35(42)43)29(38)15-17-37-16-7-6-10-32(37)40/h11-14,18-19,25,27,29,34H,4-10,15-17,20-22H2,1-3H3,(H,42,43)/t27-,29+,34?/m1/s1. The summed E-state index contributed by atoms with van der Waals surface area (Å²) in [5, 5.41) is 10.6. The van der Waals surface area contributed by atoms with Gasteiger partial charge in [-0.3, -0.25) is 19.3 Å². The van der Waals surface area contributed by atoms with Gasteiger partial charge >= 0.3 is 5.97 Å². The van der Waals surface area contributed by atoms with E-state index >= 15 is 0 Å². The molecule has 2 fully saturated rings. The number of hydrogen-bond donors (Lipinski definition) is 1. The number of aryl methyl sites for hydroxylation is 1. The van der Waals surface area contributed by atoms with Crippen LogP contribution < -0.4 is 14.4 Å². The van der Waals surface area contributed by atoms with Gasteiger partial charge in [0.25, 0.3) is 0 Å². The minimum absolute atomic E-state index is 0.0177. The lowest BCUT2D eigenvalue weighted by molar-refractivity contribution is -0.143. The highest BCUT2D eigenvalue weighted by Gasteiger charge is 2.48. The highest BCUT2D eigenvalue weighted by molar-refractivity contribution is 5.95. The van der Waals surface area contributed by atoms with Crippen molar-refractivity contribution in [3.05, 3.63) is 53.3 Å². The summed E-state index contributed by atoms with van der Waals surface area (Å²) in [5.41, 5.74) is 1.94. The van der Waals surface area contributed by atoms with Crippen molar-refractivity contribution in [2.45, 2.75) is 90.1 Å². The van der Waals surface area contributed by atoms with Gasteiger partial charge in [0.1, 0.15) is 5.82 Å². The average molecular weight is 624 g/mol. The van der Waals surface area contributed by atoms with Crippen molar-refractivity contribution in [2.75, 3.05) is 37.9 Å². The molecule has 45 heavy (non-hydrogen) atoms. The van der Waals surface area contributed by atoms with E-state index in [2.05, 4.69) is 13.8 Å². The fourth-order valence-corrected chi connectivity index (χ4v) is 7.38. The van der Waals surface area contributed by atoms with E-state index in [0.29, 0.717) is 55.2 Å². The first kappa shape index (κ1) is 32.7. The second-order valence-electron chi connectivity index (χ2n) is 12.6. The molecule has 0 spiro atoms. The molecule has 0 radical (unpaired) electrons. The van der Waals surface area contributed by atoms with Crippen LogP contribution >= 0.6 is 0 Å². The molecule has 0 bridgehead atoms. The second kappa shape index (κ2) is 14.6. The molecule has 1 N–H and O–H groups in total. The first-order valence-electron chi connectivity index (χ1n) is 16.4. The molecule has 3 heterocycles. The SMILES string of the molecule is CCCC(CCC)N(C(=O)CN1C[C@H](c2ccc3c(c2)OCO3)C(C(=O)O)[C@@H]1CCN1CCCCC1=O)c1ccc(F)c(C)c1. The number of piperidine rings is 1. The van der Waals surface area contributed by atoms with Gasteiger partial charge in [0.2, 0.25) is 18.6 Å². The van der Waals surface area contributed by atoms with Crippen molar-refractivity contribution in [3.8, 4) is 11.5 Å². The first-order valence-corrected chi connectivity index (χ1v) is 16.4. The number of carboxylic acids is 1. The number of anilines is 1. The smallest absolute Gasteiger partial charge is 0.308 e. The van der Waals surface area contributed by atoms with Crippen molar-refractivity contribution < 1.29 is 33.4 Å². The average Bonchev–Trinajstić information content (AvgIpc) is 3.63. The lowest BCUT2D eigenvalue weighted by Crippen LogP contribution is -2.49. The Labute approximate surface area is 265 Å². The van der Waals surface area contributed by atoms with E-state index in [9.17, 15) is 23.9 Å². The van der Waals surface area contributed by atoms with Gasteiger partial charge in [-0.2, -0.15) is 0 Å². The molecule has 244 valence electrons. The zero-order valence-electron chi connectivity index (χ0n) is 26.7. The van der Waals surface area contributed by atoms with Crippen molar-refractivity contribution in [1.29, 1.82) is 0 Å². The third-order valence-corrected chi connectivity index (χ3v) is 9.61. The summed E-state index contributed by atoms with van der Waals surface area (Å²) >= 11 is 0. The van der Waals surface area contributed by atoms with Crippen molar-refractivity contribution in [3.63, 3.8) is 0 Å². The molecular formula is C35H46FN3O6. The molecule has 3 aliphatic rings. The Balaban J connectivity index is 1.47. The second-order valence-corrected chi connectivity index (χ2v) is 12.6. The molecule has 3 aliphatic heterocycles. The Morgan fingerprint density at radius 2 is 1.82 bits per heavy atom. The van der Waals surface area contributed by atoms with E-state index in [1.807, 2.05) is 32.9 Å². The number of rotatable bonds is 13. The summed E-state index contributed by atoms with van der Waals surface area (Å²) < 4.78 is 25.4. The summed E-state index contributed by atoms with van der Waals surface area (Å²) in [6, 6.07) is 9.81. The van der Waals surface area contributed by atoms with E-state index in [1.54, 1.807) is 19.1 Å². The highest BCUT2D eigenvalue weighted by atomic mass is 19.1. The van der Waals surface area contributed by atoms with Crippen LogP contribution in [-0.4, -0.2) is 77.7 Å². The Morgan fingerprint density at radius 1 is 1.07 bits per heavy atom. The van der Waals surface area contributed by atoms with Gasteiger partial charge < -0.3 is 24.4 Å². The Bertz CT molecular complexity index is 1380. The van der Waals surface area contributed by atoms with E-state index in [1.165, 1.54) is 6.07 Å². The van der Waals surface area contributed by atoms with Crippen LogP contribution in [0.2, 0.25) is 0 Å². The first-order chi connectivity index (χ1) is 21.7. The molecule has 0 aliphatic carbocycles. The van der Waals surface area contributed by atoms with Crippen molar-refractivity contribution in [2.24, 2.45) is 5.92 Å². The number of ether oxygens (including phenoxy) is 2. The maximum atomic E-state index is 14.4. The molecule has 0 aromatic heterocycles. The summed E-state index contributed by atoms with van der Waals surface area (Å²) in [6.07, 6.45) is 6.14. The number of carbonyl (C=O) groups excluding carboxylic acids is 2. The maximum absolute atomic E-state index is 14.4. The van der Waals surface area contributed by atoms with Gasteiger partial charge in [-0.25, -0.2) is 4.39 Å². The van der Waals surface area contributed by atoms with Gasteiger partial charge in [-0.05, 0) is 80.5 Å². The van der Waals surface area contributed by atoms with Crippen LogP contribution in [0.5, 0.6) is 11.5 Å². The van der Waals surface area contributed by atoms with E-state index in [0.717, 1.165) is 44.1 Å². The van der Waals surface area contributed by atoms with Crippen molar-refractivity contribution in [1.82, 2.24) is 9.80 Å². The zero-order chi connectivity index (χ0) is 32.1. The number of halogens is 1. The van der Waals surface area contributed by atoms with Crippen molar-refractivity contribution >= 4 is 23.5 Å². The number of likely N-dealkylation sites (tertiary alicyclic amines) is 2. The monoisotopic (exact) mass is 623 g/mol. The molecule has 2 aromatic rings. The molecule has 2 saturated heterocycles. The molecule has 0 saturated carbocycles. The fourth-order valence-electron chi connectivity index (χ4n) is 7.38. The van der Waals surface area contributed by atoms with Crippen LogP contribution in [0.25, 0.3) is 0 Å².